The van der Waals surface area contributed by atoms with Gasteiger partial charge in [0, 0.05) is 24.8 Å². The molecule has 0 radical (unpaired) electrons. The summed E-state index contributed by atoms with van der Waals surface area (Å²) in [5.41, 5.74) is 5.69. The number of rotatable bonds is 11. The second kappa shape index (κ2) is 14.2. The summed E-state index contributed by atoms with van der Waals surface area (Å²) in [6.45, 7) is 4.56. The van der Waals surface area contributed by atoms with Gasteiger partial charge in [-0.1, -0.05) is 109 Å². The number of hydrogen-bond acceptors (Lipinski definition) is 3. The molecule has 1 saturated carbocycles. The smallest absolute Gasteiger partial charge is 0.243 e. The van der Waals surface area contributed by atoms with Gasteiger partial charge in [0.15, 0.2) is 0 Å². The zero-order valence-corrected chi connectivity index (χ0v) is 23.5. The second-order valence-electron chi connectivity index (χ2n) is 10.5. The number of aryl methyl sites for hydroxylation is 2. The quantitative estimate of drug-likeness (QED) is 0.304. The molecule has 4 nitrogen and oxygen atoms in total. The van der Waals surface area contributed by atoms with Gasteiger partial charge in [-0.25, -0.2) is 0 Å². The van der Waals surface area contributed by atoms with Crippen molar-refractivity contribution in [2.45, 2.75) is 76.8 Å². The molecule has 1 N–H and O–H groups in total. The lowest BCUT2D eigenvalue weighted by molar-refractivity contribution is -0.139. The molecular weight excluding hydrogens is 488 g/mol. The lowest BCUT2D eigenvalue weighted by atomic mass is 9.94. The average Bonchev–Trinajstić information content (AvgIpc) is 2.92. The molecule has 0 spiro atoms. The lowest BCUT2D eigenvalue weighted by Crippen LogP contribution is -2.53. The molecule has 1 fully saturated rings. The average molecular weight is 529 g/mol. The fourth-order valence-electron chi connectivity index (χ4n) is 5.25. The minimum Gasteiger partial charge on any atom is -0.352 e. The van der Waals surface area contributed by atoms with Gasteiger partial charge in [0.1, 0.15) is 6.04 Å². The highest BCUT2D eigenvalue weighted by molar-refractivity contribution is 7.99. The van der Waals surface area contributed by atoms with Crippen LogP contribution in [0.5, 0.6) is 0 Å². The molecule has 0 saturated heterocycles. The Hall–Kier alpha value is -3.05. The van der Waals surface area contributed by atoms with Gasteiger partial charge >= 0.3 is 0 Å². The summed E-state index contributed by atoms with van der Waals surface area (Å²) in [4.78, 5) is 29.5. The molecule has 1 aliphatic rings. The van der Waals surface area contributed by atoms with E-state index in [4.69, 9.17) is 0 Å². The Morgan fingerprint density at radius 1 is 0.842 bits per heavy atom. The van der Waals surface area contributed by atoms with Gasteiger partial charge in [-0.3, -0.25) is 9.59 Å². The molecular formula is C33H40N2O2S. The summed E-state index contributed by atoms with van der Waals surface area (Å²) in [5, 5.41) is 3.32. The first kappa shape index (κ1) is 28.0. The standard InChI is InChI=1S/C33H40N2O2S/c1-25-11-9-15-28(19-25)22-35(32(36)24-38-23-29-16-10-12-26(2)20-29)31(21-27-13-5-3-6-14-27)33(37)34-30-17-7-4-8-18-30/h3,5-6,9-16,19-20,30-31H,4,7-8,17-18,21-24H2,1-2H3,(H,34,37)/t31-/m1/s1. The summed E-state index contributed by atoms with van der Waals surface area (Å²) >= 11 is 1.61. The van der Waals surface area contributed by atoms with Gasteiger partial charge in [0.05, 0.1) is 5.75 Å². The highest BCUT2D eigenvalue weighted by Gasteiger charge is 2.31. The summed E-state index contributed by atoms with van der Waals surface area (Å²) in [6, 6.07) is 26.3. The predicted molar refractivity (Wildman–Crippen MR) is 158 cm³/mol. The van der Waals surface area contributed by atoms with Crippen LogP contribution >= 0.6 is 11.8 Å². The van der Waals surface area contributed by atoms with Crippen LogP contribution in [0.15, 0.2) is 78.9 Å². The van der Waals surface area contributed by atoms with Crippen molar-refractivity contribution in [1.82, 2.24) is 10.2 Å². The number of carbonyl (C=O) groups excluding carboxylic acids is 2. The molecule has 0 unspecified atom stereocenters. The number of carbonyl (C=O) groups is 2. The molecule has 0 heterocycles. The Bertz CT molecular complexity index is 1190. The van der Waals surface area contributed by atoms with E-state index in [1.54, 1.807) is 11.8 Å². The van der Waals surface area contributed by atoms with Crippen LogP contribution in [-0.2, 0) is 28.3 Å². The van der Waals surface area contributed by atoms with Crippen LogP contribution in [0.25, 0.3) is 0 Å². The van der Waals surface area contributed by atoms with Crippen molar-refractivity contribution >= 4 is 23.6 Å². The molecule has 5 heteroatoms. The topological polar surface area (TPSA) is 49.4 Å². The summed E-state index contributed by atoms with van der Waals surface area (Å²) in [7, 11) is 0. The second-order valence-corrected chi connectivity index (χ2v) is 11.5. The molecule has 1 aliphatic carbocycles. The van der Waals surface area contributed by atoms with Crippen molar-refractivity contribution in [2.75, 3.05) is 5.75 Å². The SMILES string of the molecule is Cc1cccc(CSCC(=O)N(Cc2cccc(C)c2)[C@H](Cc2ccccc2)C(=O)NC2CCCCC2)c1. The Morgan fingerprint density at radius 3 is 2.16 bits per heavy atom. The Balaban J connectivity index is 1.56. The van der Waals surface area contributed by atoms with Crippen molar-refractivity contribution in [3.8, 4) is 0 Å². The van der Waals surface area contributed by atoms with Crippen molar-refractivity contribution in [2.24, 2.45) is 0 Å². The molecule has 4 rings (SSSR count). The molecule has 3 aromatic rings. The van der Waals surface area contributed by atoms with E-state index in [9.17, 15) is 9.59 Å². The lowest BCUT2D eigenvalue weighted by Gasteiger charge is -2.33. The minimum atomic E-state index is -0.563. The van der Waals surface area contributed by atoms with Gasteiger partial charge in [-0.2, -0.15) is 0 Å². The highest BCUT2D eigenvalue weighted by Crippen LogP contribution is 2.21. The largest absolute Gasteiger partial charge is 0.352 e. The van der Waals surface area contributed by atoms with Crippen molar-refractivity contribution < 1.29 is 9.59 Å². The van der Waals surface area contributed by atoms with Crippen LogP contribution in [0.1, 0.15) is 59.9 Å². The van der Waals surface area contributed by atoms with E-state index in [1.165, 1.54) is 17.5 Å². The van der Waals surface area contributed by atoms with Crippen LogP contribution in [-0.4, -0.2) is 34.6 Å². The van der Waals surface area contributed by atoms with Gasteiger partial charge < -0.3 is 10.2 Å². The number of benzene rings is 3. The molecule has 0 aliphatic heterocycles. The third kappa shape index (κ3) is 8.49. The summed E-state index contributed by atoms with van der Waals surface area (Å²) in [6.07, 6.45) is 6.06. The van der Waals surface area contributed by atoms with Crippen LogP contribution in [0.4, 0.5) is 0 Å². The maximum Gasteiger partial charge on any atom is 0.243 e. The van der Waals surface area contributed by atoms with Gasteiger partial charge in [0.2, 0.25) is 11.8 Å². The van der Waals surface area contributed by atoms with E-state index in [2.05, 4.69) is 55.6 Å². The zero-order valence-electron chi connectivity index (χ0n) is 22.7. The molecule has 200 valence electrons. The van der Waals surface area contributed by atoms with Crippen molar-refractivity contribution in [1.29, 1.82) is 0 Å². The van der Waals surface area contributed by atoms with Crippen molar-refractivity contribution in [3.63, 3.8) is 0 Å². The molecule has 0 bridgehead atoms. The van der Waals surface area contributed by atoms with Crippen LogP contribution in [0.3, 0.4) is 0 Å². The predicted octanol–water partition coefficient (Wildman–Crippen LogP) is 6.63. The van der Waals surface area contributed by atoms with E-state index in [-0.39, 0.29) is 17.9 Å². The maximum atomic E-state index is 13.8. The Kier molecular flexibility index (Phi) is 10.5. The number of nitrogens with zero attached hydrogens (tertiary/aromatic N) is 1. The van der Waals surface area contributed by atoms with Gasteiger partial charge in [-0.15, -0.1) is 11.8 Å². The fraction of sp³-hybridized carbons (Fsp3) is 0.394. The van der Waals surface area contributed by atoms with Crippen LogP contribution < -0.4 is 5.32 Å². The molecule has 1 atom stereocenters. The number of amides is 2. The molecule has 38 heavy (non-hydrogen) atoms. The van der Waals surface area contributed by atoms with Crippen LogP contribution in [0.2, 0.25) is 0 Å². The molecule has 3 aromatic carbocycles. The number of nitrogens with one attached hydrogen (secondary N) is 1. The van der Waals surface area contributed by atoms with E-state index >= 15 is 0 Å². The number of hydrogen-bond donors (Lipinski definition) is 1. The zero-order chi connectivity index (χ0) is 26.7. The first-order valence-electron chi connectivity index (χ1n) is 13.8. The maximum absolute atomic E-state index is 13.8. The van der Waals surface area contributed by atoms with E-state index in [0.29, 0.717) is 18.7 Å². The van der Waals surface area contributed by atoms with E-state index in [1.807, 2.05) is 47.4 Å². The highest BCUT2D eigenvalue weighted by atomic mass is 32.2. The Labute approximate surface area is 232 Å². The first-order chi connectivity index (χ1) is 18.5. The summed E-state index contributed by atoms with van der Waals surface area (Å²) < 4.78 is 0. The van der Waals surface area contributed by atoms with Crippen molar-refractivity contribution in [3.05, 3.63) is 107 Å². The van der Waals surface area contributed by atoms with Gasteiger partial charge in [0.25, 0.3) is 0 Å². The van der Waals surface area contributed by atoms with Crippen LogP contribution in [0, 0.1) is 13.8 Å². The Morgan fingerprint density at radius 2 is 1.47 bits per heavy atom. The fourth-order valence-corrected chi connectivity index (χ4v) is 6.10. The minimum absolute atomic E-state index is 0.00360. The van der Waals surface area contributed by atoms with E-state index < -0.39 is 6.04 Å². The first-order valence-corrected chi connectivity index (χ1v) is 15.0. The summed E-state index contributed by atoms with van der Waals surface area (Å²) in [5.74, 6) is 1.07. The molecule has 2 amide bonds. The monoisotopic (exact) mass is 528 g/mol. The normalized spacial score (nSPS) is 14.6. The van der Waals surface area contributed by atoms with E-state index in [0.717, 1.165) is 48.1 Å². The third-order valence-corrected chi connectivity index (χ3v) is 8.22. The number of thioether (sulfide) groups is 1. The third-order valence-electron chi connectivity index (χ3n) is 7.23. The van der Waals surface area contributed by atoms with Gasteiger partial charge in [-0.05, 0) is 43.4 Å². The molecule has 0 aromatic heterocycles.